The van der Waals surface area contributed by atoms with Crippen LogP contribution in [0.4, 0.5) is 5.69 Å². The lowest BCUT2D eigenvalue weighted by Crippen LogP contribution is -2.33. The zero-order valence-corrected chi connectivity index (χ0v) is 15.3. The highest BCUT2D eigenvalue weighted by Gasteiger charge is 2.39. The molecule has 2 aliphatic rings. The molecule has 0 radical (unpaired) electrons. The van der Waals surface area contributed by atoms with Crippen LogP contribution >= 0.6 is 0 Å². The van der Waals surface area contributed by atoms with Gasteiger partial charge in [-0.3, -0.25) is 4.99 Å². The van der Waals surface area contributed by atoms with Gasteiger partial charge in [-0.15, -0.1) is 0 Å². The van der Waals surface area contributed by atoms with E-state index in [0.717, 1.165) is 36.0 Å². The molecule has 5 nitrogen and oxygen atoms in total. The predicted molar refractivity (Wildman–Crippen MR) is 104 cm³/mol. The third kappa shape index (κ3) is 3.62. The Morgan fingerprint density at radius 3 is 2.69 bits per heavy atom. The Morgan fingerprint density at radius 2 is 1.88 bits per heavy atom. The number of aryl methyl sites for hydroxylation is 1. The van der Waals surface area contributed by atoms with Crippen LogP contribution in [0.1, 0.15) is 29.9 Å². The third-order valence-electron chi connectivity index (χ3n) is 4.93. The van der Waals surface area contributed by atoms with Crippen LogP contribution in [0.25, 0.3) is 0 Å². The van der Waals surface area contributed by atoms with Gasteiger partial charge in [0.15, 0.2) is 17.5 Å². The zero-order chi connectivity index (χ0) is 17.9. The van der Waals surface area contributed by atoms with E-state index in [9.17, 15) is 0 Å². The first kappa shape index (κ1) is 16.8. The van der Waals surface area contributed by atoms with Crippen molar-refractivity contribution in [2.45, 2.75) is 31.7 Å². The van der Waals surface area contributed by atoms with E-state index in [2.05, 4.69) is 46.8 Å². The number of fused-ring (bicyclic) bond motifs is 1. The summed E-state index contributed by atoms with van der Waals surface area (Å²) in [5.74, 6) is 2.92. The van der Waals surface area contributed by atoms with Crippen molar-refractivity contribution in [3.05, 3.63) is 53.6 Å². The minimum absolute atomic E-state index is 0.419. The monoisotopic (exact) mass is 351 g/mol. The van der Waals surface area contributed by atoms with E-state index < -0.39 is 0 Å². The molecule has 1 aliphatic carbocycles. The largest absolute Gasteiger partial charge is 0.490 e. The lowest BCUT2D eigenvalue weighted by atomic mass is 10.0. The van der Waals surface area contributed by atoms with Gasteiger partial charge >= 0.3 is 0 Å². The SMILES string of the molecule is CN=C(Nc1ccc2c(c1)OCCCO2)NC1CC1c1ccccc1C. The lowest BCUT2D eigenvalue weighted by molar-refractivity contribution is 0.297. The fraction of sp³-hybridized carbons (Fsp3) is 0.381. The highest BCUT2D eigenvalue weighted by atomic mass is 16.5. The van der Waals surface area contributed by atoms with E-state index in [1.54, 1.807) is 7.05 Å². The van der Waals surface area contributed by atoms with Gasteiger partial charge in [-0.05, 0) is 36.6 Å². The van der Waals surface area contributed by atoms with E-state index >= 15 is 0 Å². The number of nitrogens with zero attached hydrogens (tertiary/aromatic N) is 1. The summed E-state index contributed by atoms with van der Waals surface area (Å²) < 4.78 is 11.4. The van der Waals surface area contributed by atoms with Crippen molar-refractivity contribution in [3.8, 4) is 11.5 Å². The van der Waals surface area contributed by atoms with Gasteiger partial charge in [-0.1, -0.05) is 24.3 Å². The van der Waals surface area contributed by atoms with Crippen molar-refractivity contribution in [1.29, 1.82) is 0 Å². The van der Waals surface area contributed by atoms with Crippen molar-refractivity contribution < 1.29 is 9.47 Å². The van der Waals surface area contributed by atoms with Crippen LogP contribution in [0.3, 0.4) is 0 Å². The van der Waals surface area contributed by atoms with Crippen LogP contribution in [0.2, 0.25) is 0 Å². The van der Waals surface area contributed by atoms with Crippen LogP contribution in [0.5, 0.6) is 11.5 Å². The summed E-state index contributed by atoms with van der Waals surface area (Å²) in [6.45, 7) is 3.56. The third-order valence-corrected chi connectivity index (χ3v) is 4.93. The van der Waals surface area contributed by atoms with Gasteiger partial charge in [0.05, 0.1) is 13.2 Å². The fourth-order valence-electron chi connectivity index (χ4n) is 3.41. The molecule has 0 aromatic heterocycles. The first-order chi connectivity index (χ1) is 12.7. The summed E-state index contributed by atoms with van der Waals surface area (Å²) in [6.07, 6.45) is 2.04. The van der Waals surface area contributed by atoms with Crippen molar-refractivity contribution in [1.82, 2.24) is 5.32 Å². The first-order valence-corrected chi connectivity index (χ1v) is 9.20. The van der Waals surface area contributed by atoms with Gasteiger partial charge < -0.3 is 20.1 Å². The van der Waals surface area contributed by atoms with Crippen LogP contribution in [-0.4, -0.2) is 32.3 Å². The standard InChI is InChI=1S/C21H25N3O2/c1-14-6-3-4-7-16(14)17-13-18(17)24-21(22-2)23-15-8-9-19-20(12-15)26-11-5-10-25-19/h3-4,6-9,12,17-18H,5,10-11,13H2,1-2H3,(H2,22,23,24). The molecule has 0 bridgehead atoms. The van der Waals surface area contributed by atoms with Gasteiger partial charge in [0.25, 0.3) is 0 Å². The Kier molecular flexibility index (Phi) is 4.69. The molecule has 2 N–H and O–H groups in total. The second-order valence-corrected chi connectivity index (χ2v) is 6.86. The van der Waals surface area contributed by atoms with Gasteiger partial charge in [-0.2, -0.15) is 0 Å². The Bertz CT molecular complexity index is 819. The smallest absolute Gasteiger partial charge is 0.195 e. The molecular weight excluding hydrogens is 326 g/mol. The van der Waals surface area contributed by atoms with E-state index in [0.29, 0.717) is 25.2 Å². The molecule has 2 unspecified atom stereocenters. The summed E-state index contributed by atoms with van der Waals surface area (Å²) in [4.78, 5) is 4.37. The summed E-state index contributed by atoms with van der Waals surface area (Å²) in [5, 5.41) is 6.88. The minimum Gasteiger partial charge on any atom is -0.490 e. The van der Waals surface area contributed by atoms with Crippen molar-refractivity contribution in [2.75, 3.05) is 25.6 Å². The maximum atomic E-state index is 5.76. The van der Waals surface area contributed by atoms with Gasteiger partial charge in [-0.25, -0.2) is 0 Å². The maximum absolute atomic E-state index is 5.76. The minimum atomic E-state index is 0.419. The Hall–Kier alpha value is -2.69. The topological polar surface area (TPSA) is 54.9 Å². The number of guanidine groups is 1. The number of anilines is 1. The van der Waals surface area contributed by atoms with E-state index in [1.807, 2.05) is 18.2 Å². The molecule has 1 aliphatic heterocycles. The Morgan fingerprint density at radius 1 is 1.08 bits per heavy atom. The number of nitrogens with one attached hydrogen (secondary N) is 2. The Balaban J connectivity index is 1.40. The normalized spacial score (nSPS) is 21.7. The fourth-order valence-corrected chi connectivity index (χ4v) is 3.41. The summed E-state index contributed by atoms with van der Waals surface area (Å²) in [6, 6.07) is 14.9. The Labute approximate surface area is 154 Å². The quantitative estimate of drug-likeness (QED) is 0.654. The molecule has 1 fully saturated rings. The average Bonchev–Trinajstić information content (AvgIpc) is 3.44. The molecule has 1 saturated carbocycles. The van der Waals surface area contributed by atoms with Crippen molar-refractivity contribution in [2.24, 2.45) is 4.99 Å². The molecule has 136 valence electrons. The van der Waals surface area contributed by atoms with Crippen LogP contribution < -0.4 is 20.1 Å². The molecule has 2 atom stereocenters. The molecule has 0 amide bonds. The predicted octanol–water partition coefficient (Wildman–Crippen LogP) is 3.70. The summed E-state index contributed by atoms with van der Waals surface area (Å²) in [5.41, 5.74) is 3.72. The molecule has 4 rings (SSSR count). The van der Waals surface area contributed by atoms with E-state index in [4.69, 9.17) is 9.47 Å². The van der Waals surface area contributed by atoms with Gasteiger partial charge in [0, 0.05) is 37.2 Å². The number of rotatable bonds is 3. The molecule has 1 heterocycles. The zero-order valence-electron chi connectivity index (χ0n) is 15.3. The first-order valence-electron chi connectivity index (χ1n) is 9.20. The lowest BCUT2D eigenvalue weighted by Gasteiger charge is -2.14. The second kappa shape index (κ2) is 7.28. The number of ether oxygens (including phenoxy) is 2. The molecule has 26 heavy (non-hydrogen) atoms. The highest BCUT2D eigenvalue weighted by Crippen LogP contribution is 2.42. The number of benzene rings is 2. The molecule has 2 aromatic carbocycles. The molecule has 5 heteroatoms. The molecule has 0 spiro atoms. The van der Waals surface area contributed by atoms with Crippen LogP contribution in [-0.2, 0) is 0 Å². The molecule has 2 aromatic rings. The number of aliphatic imine (C=N–C) groups is 1. The van der Waals surface area contributed by atoms with Gasteiger partial charge in [0.1, 0.15) is 0 Å². The van der Waals surface area contributed by atoms with Crippen LogP contribution in [0, 0.1) is 6.92 Å². The van der Waals surface area contributed by atoms with Crippen LogP contribution in [0.15, 0.2) is 47.5 Å². The number of hydrogen-bond donors (Lipinski definition) is 2. The average molecular weight is 351 g/mol. The number of hydrogen-bond acceptors (Lipinski definition) is 3. The van der Waals surface area contributed by atoms with E-state index in [-0.39, 0.29) is 0 Å². The highest BCUT2D eigenvalue weighted by molar-refractivity contribution is 5.94. The molecule has 0 saturated heterocycles. The summed E-state index contributed by atoms with van der Waals surface area (Å²) in [7, 11) is 1.80. The van der Waals surface area contributed by atoms with Crippen molar-refractivity contribution >= 4 is 11.6 Å². The van der Waals surface area contributed by atoms with Crippen molar-refractivity contribution in [3.63, 3.8) is 0 Å². The van der Waals surface area contributed by atoms with E-state index in [1.165, 1.54) is 11.1 Å². The second-order valence-electron chi connectivity index (χ2n) is 6.86. The van der Waals surface area contributed by atoms with Gasteiger partial charge in [0.2, 0.25) is 0 Å². The molecular formula is C21H25N3O2. The summed E-state index contributed by atoms with van der Waals surface area (Å²) >= 11 is 0. The maximum Gasteiger partial charge on any atom is 0.195 e.